The average Bonchev–Trinajstić information content (AvgIpc) is 2.31. The quantitative estimate of drug-likeness (QED) is 0.399. The summed E-state index contributed by atoms with van der Waals surface area (Å²) in [5.41, 5.74) is 2.15. The molecule has 1 fully saturated rings. The molecule has 0 aliphatic carbocycles. The van der Waals surface area contributed by atoms with Crippen molar-refractivity contribution in [1.82, 2.24) is 10.3 Å². The van der Waals surface area contributed by atoms with E-state index < -0.39 is 0 Å². The van der Waals surface area contributed by atoms with Crippen molar-refractivity contribution in [3.63, 3.8) is 0 Å². The zero-order valence-corrected chi connectivity index (χ0v) is 10.2. The Morgan fingerprint density at radius 1 is 1.62 bits per heavy atom. The predicted octanol–water partition coefficient (Wildman–Crippen LogP) is 0.113. The van der Waals surface area contributed by atoms with Crippen LogP contribution >= 0.6 is 0 Å². The minimum atomic E-state index is -0.0892. The molecule has 0 spiro atoms. The number of nitrogens with zero attached hydrogens (tertiary/aromatic N) is 1. The molecule has 5 nitrogen and oxygen atoms in total. The first-order chi connectivity index (χ1) is 7.67. The van der Waals surface area contributed by atoms with Gasteiger partial charge in [-0.15, -0.1) is 0 Å². The topological polar surface area (TPSA) is 67.6 Å². The van der Waals surface area contributed by atoms with Crippen LogP contribution in [0, 0.1) is 5.92 Å². The van der Waals surface area contributed by atoms with Gasteiger partial charge in [0.25, 0.3) is 0 Å². The highest BCUT2D eigenvalue weighted by molar-refractivity contribution is 5.75. The van der Waals surface area contributed by atoms with Crippen LogP contribution in [0.25, 0.3) is 0 Å². The number of piperidine rings is 1. The Morgan fingerprint density at radius 3 is 3.00 bits per heavy atom. The minimum Gasteiger partial charge on any atom is -0.380 e. The molecule has 1 amide bonds. The Balaban J connectivity index is 2.20. The monoisotopic (exact) mass is 229 g/mol. The molecule has 1 heterocycles. The maximum absolute atomic E-state index is 10.9. The van der Waals surface area contributed by atoms with E-state index in [4.69, 9.17) is 10.6 Å². The third kappa shape index (κ3) is 4.08. The summed E-state index contributed by atoms with van der Waals surface area (Å²) < 4.78 is 5.44. The first-order valence-electron chi connectivity index (χ1n) is 5.92. The van der Waals surface area contributed by atoms with Gasteiger partial charge < -0.3 is 9.64 Å². The fraction of sp³-hybridized carbons (Fsp3) is 0.909. The van der Waals surface area contributed by atoms with E-state index in [2.05, 4.69) is 17.2 Å². The second kappa shape index (κ2) is 6.83. The van der Waals surface area contributed by atoms with Crippen molar-refractivity contribution in [3.05, 3.63) is 0 Å². The molecule has 94 valence electrons. The Labute approximate surface area is 97.3 Å². The van der Waals surface area contributed by atoms with Gasteiger partial charge in [-0.05, 0) is 31.8 Å². The fourth-order valence-corrected chi connectivity index (χ4v) is 2.14. The van der Waals surface area contributed by atoms with Crippen molar-refractivity contribution in [2.24, 2.45) is 11.8 Å². The van der Waals surface area contributed by atoms with Gasteiger partial charge in [-0.1, -0.05) is 6.92 Å². The number of hydrogen-bond acceptors (Lipinski definition) is 4. The lowest BCUT2D eigenvalue weighted by atomic mass is 9.95. The number of hydrazine groups is 1. The smallest absolute Gasteiger partial charge is 0.233 e. The van der Waals surface area contributed by atoms with Crippen LogP contribution in [-0.2, 0) is 9.53 Å². The number of nitrogens with one attached hydrogen (secondary N) is 1. The molecule has 16 heavy (non-hydrogen) atoms. The number of likely N-dealkylation sites (tertiary alicyclic amines) is 1. The largest absolute Gasteiger partial charge is 0.380 e. The maximum atomic E-state index is 10.9. The highest BCUT2D eigenvalue weighted by atomic mass is 16.5. The number of amides is 1. The number of nitrogens with two attached hydrogens (primary N) is 1. The summed E-state index contributed by atoms with van der Waals surface area (Å²) >= 11 is 0. The van der Waals surface area contributed by atoms with E-state index >= 15 is 0 Å². The van der Waals surface area contributed by atoms with E-state index in [0.29, 0.717) is 18.4 Å². The van der Waals surface area contributed by atoms with Crippen LogP contribution < -0.4 is 11.3 Å². The third-order valence-electron chi connectivity index (χ3n) is 3.32. The Morgan fingerprint density at radius 2 is 2.38 bits per heavy atom. The Kier molecular flexibility index (Phi) is 5.73. The highest BCUT2D eigenvalue weighted by Gasteiger charge is 2.25. The van der Waals surface area contributed by atoms with Crippen LogP contribution in [0.2, 0.25) is 0 Å². The summed E-state index contributed by atoms with van der Waals surface area (Å²) in [4.78, 5) is 13.3. The molecular formula is C11H23N3O2. The Hall–Kier alpha value is -0.650. The molecule has 2 atom stereocenters. The highest BCUT2D eigenvalue weighted by Crippen LogP contribution is 2.19. The molecule has 0 aromatic heterocycles. The molecule has 0 saturated carbocycles. The number of carbonyl (C=O) groups is 1. The van der Waals surface area contributed by atoms with Crippen LogP contribution in [-0.4, -0.2) is 43.7 Å². The molecule has 0 radical (unpaired) electrons. The standard InChI is InChI=1S/C11H23N3O2/c1-9-5-7-14(8-10(9)16-2)6-3-4-11(15)13-12/h9-10H,3-8,12H2,1-2H3,(H,13,15). The summed E-state index contributed by atoms with van der Waals surface area (Å²) in [5, 5.41) is 0. The molecule has 1 aliphatic heterocycles. The first kappa shape index (κ1) is 13.4. The Bertz CT molecular complexity index is 223. The lowest BCUT2D eigenvalue weighted by molar-refractivity contribution is -0.121. The van der Waals surface area contributed by atoms with Crippen molar-refractivity contribution in [2.75, 3.05) is 26.7 Å². The summed E-state index contributed by atoms with van der Waals surface area (Å²) in [6, 6.07) is 0. The first-order valence-corrected chi connectivity index (χ1v) is 5.92. The number of methoxy groups -OCH3 is 1. The average molecular weight is 229 g/mol. The van der Waals surface area contributed by atoms with Gasteiger partial charge in [0.05, 0.1) is 6.10 Å². The predicted molar refractivity (Wildman–Crippen MR) is 62.6 cm³/mol. The third-order valence-corrected chi connectivity index (χ3v) is 3.32. The summed E-state index contributed by atoms with van der Waals surface area (Å²) in [6.45, 7) is 5.25. The van der Waals surface area contributed by atoms with E-state index in [1.807, 2.05) is 0 Å². The number of rotatable bonds is 5. The van der Waals surface area contributed by atoms with Gasteiger partial charge in [0.2, 0.25) is 5.91 Å². The number of carbonyl (C=O) groups excluding carboxylic acids is 1. The van der Waals surface area contributed by atoms with E-state index in [0.717, 1.165) is 26.1 Å². The lowest BCUT2D eigenvalue weighted by Gasteiger charge is -2.36. The fourth-order valence-electron chi connectivity index (χ4n) is 2.14. The summed E-state index contributed by atoms with van der Waals surface area (Å²) in [6.07, 6.45) is 2.85. The molecule has 0 aromatic rings. The van der Waals surface area contributed by atoms with Gasteiger partial charge in [0.1, 0.15) is 0 Å². The molecule has 0 aromatic carbocycles. The lowest BCUT2D eigenvalue weighted by Crippen LogP contribution is -2.44. The minimum absolute atomic E-state index is 0.0892. The van der Waals surface area contributed by atoms with Crippen molar-refractivity contribution >= 4 is 5.91 Å². The molecule has 0 bridgehead atoms. The normalized spacial score (nSPS) is 26.7. The van der Waals surface area contributed by atoms with E-state index in [1.54, 1.807) is 7.11 Å². The van der Waals surface area contributed by atoms with Crippen LogP contribution in [0.3, 0.4) is 0 Å². The molecule has 3 N–H and O–H groups in total. The van der Waals surface area contributed by atoms with Crippen molar-refractivity contribution in [2.45, 2.75) is 32.3 Å². The van der Waals surface area contributed by atoms with Crippen molar-refractivity contribution in [1.29, 1.82) is 0 Å². The summed E-state index contributed by atoms with van der Waals surface area (Å²) in [5.74, 6) is 5.56. The van der Waals surface area contributed by atoms with Crippen molar-refractivity contribution < 1.29 is 9.53 Å². The maximum Gasteiger partial charge on any atom is 0.233 e. The number of hydrogen-bond donors (Lipinski definition) is 2. The van der Waals surface area contributed by atoms with Crippen LogP contribution in [0.5, 0.6) is 0 Å². The van der Waals surface area contributed by atoms with Crippen LogP contribution in [0.4, 0.5) is 0 Å². The van der Waals surface area contributed by atoms with E-state index in [-0.39, 0.29) is 5.91 Å². The van der Waals surface area contributed by atoms with Gasteiger partial charge in [-0.3, -0.25) is 10.2 Å². The SMILES string of the molecule is COC1CN(CCCC(=O)NN)CCC1C. The van der Waals surface area contributed by atoms with Gasteiger partial charge in [0.15, 0.2) is 0 Å². The van der Waals surface area contributed by atoms with E-state index in [1.165, 1.54) is 6.42 Å². The molecule has 1 rings (SSSR count). The molecule has 5 heteroatoms. The van der Waals surface area contributed by atoms with Gasteiger partial charge >= 0.3 is 0 Å². The zero-order valence-electron chi connectivity index (χ0n) is 10.2. The second-order valence-electron chi connectivity index (χ2n) is 4.51. The van der Waals surface area contributed by atoms with Gasteiger partial charge in [0, 0.05) is 20.1 Å². The molecule has 2 unspecified atom stereocenters. The van der Waals surface area contributed by atoms with E-state index in [9.17, 15) is 4.79 Å². The second-order valence-corrected chi connectivity index (χ2v) is 4.51. The van der Waals surface area contributed by atoms with Gasteiger partial charge in [-0.2, -0.15) is 0 Å². The van der Waals surface area contributed by atoms with Crippen LogP contribution in [0.15, 0.2) is 0 Å². The van der Waals surface area contributed by atoms with Crippen molar-refractivity contribution in [3.8, 4) is 0 Å². The molecule has 1 saturated heterocycles. The summed E-state index contributed by atoms with van der Waals surface area (Å²) in [7, 11) is 1.77. The molecule has 1 aliphatic rings. The molecular weight excluding hydrogens is 206 g/mol. The zero-order chi connectivity index (χ0) is 12.0. The van der Waals surface area contributed by atoms with Gasteiger partial charge in [-0.25, -0.2) is 5.84 Å². The van der Waals surface area contributed by atoms with Crippen LogP contribution in [0.1, 0.15) is 26.2 Å². The number of ether oxygens (including phenoxy) is 1.